The van der Waals surface area contributed by atoms with Crippen LogP contribution in [0.25, 0.3) is 10.8 Å². The SMILES string of the molecule is Cc1ccc(CC(NC(=O)c2ccccc2)C(=O)Nc2cccc3c(S(=O)(=O)NC(C)(C)C)cccc23)cc1. The zero-order chi connectivity index (χ0) is 28.2. The number of anilines is 1. The molecule has 0 aromatic heterocycles. The zero-order valence-electron chi connectivity index (χ0n) is 22.5. The maximum Gasteiger partial charge on any atom is 0.251 e. The Morgan fingerprint density at radius 1 is 0.795 bits per heavy atom. The standard InChI is InChI=1S/C31H33N3O4S/c1-21-16-18-22(19-17-21)20-27(33-29(35)23-10-6-5-7-11-23)30(36)32-26-14-8-13-25-24(26)12-9-15-28(25)39(37,38)34-31(2,3)4/h5-19,27,34H,20H2,1-4H3,(H,32,36)(H,33,35). The minimum Gasteiger partial charge on any atom is -0.340 e. The summed E-state index contributed by atoms with van der Waals surface area (Å²) >= 11 is 0. The topological polar surface area (TPSA) is 104 Å². The highest BCUT2D eigenvalue weighted by molar-refractivity contribution is 7.89. The van der Waals surface area contributed by atoms with Crippen LogP contribution in [0.5, 0.6) is 0 Å². The molecule has 4 aromatic carbocycles. The monoisotopic (exact) mass is 543 g/mol. The van der Waals surface area contributed by atoms with E-state index in [1.807, 2.05) is 37.3 Å². The lowest BCUT2D eigenvalue weighted by Crippen LogP contribution is -2.45. The number of rotatable bonds is 8. The molecule has 2 amide bonds. The summed E-state index contributed by atoms with van der Waals surface area (Å²) in [6.07, 6.45) is 0.282. The first-order chi connectivity index (χ1) is 18.4. The molecule has 4 aromatic rings. The van der Waals surface area contributed by atoms with E-state index in [9.17, 15) is 18.0 Å². The second-order valence-corrected chi connectivity index (χ2v) is 12.2. The molecule has 1 atom stereocenters. The molecule has 0 heterocycles. The number of fused-ring (bicyclic) bond motifs is 1. The van der Waals surface area contributed by atoms with Crippen molar-refractivity contribution in [1.29, 1.82) is 0 Å². The van der Waals surface area contributed by atoms with E-state index >= 15 is 0 Å². The van der Waals surface area contributed by atoms with E-state index in [0.29, 0.717) is 22.0 Å². The molecule has 202 valence electrons. The first-order valence-corrected chi connectivity index (χ1v) is 14.2. The molecular weight excluding hydrogens is 510 g/mol. The number of sulfonamides is 1. The Bertz CT molecular complexity index is 1590. The smallest absolute Gasteiger partial charge is 0.251 e. The van der Waals surface area contributed by atoms with Crippen molar-refractivity contribution in [3.05, 3.63) is 108 Å². The third-order valence-electron chi connectivity index (χ3n) is 6.09. The van der Waals surface area contributed by atoms with Gasteiger partial charge in [0.05, 0.1) is 4.90 Å². The van der Waals surface area contributed by atoms with Crippen LogP contribution in [0.3, 0.4) is 0 Å². The van der Waals surface area contributed by atoms with Crippen LogP contribution in [0.4, 0.5) is 5.69 Å². The summed E-state index contributed by atoms with van der Waals surface area (Å²) in [6.45, 7) is 7.31. The van der Waals surface area contributed by atoms with Crippen LogP contribution >= 0.6 is 0 Å². The fourth-order valence-corrected chi connectivity index (χ4v) is 5.94. The van der Waals surface area contributed by atoms with E-state index in [1.165, 1.54) is 0 Å². The van der Waals surface area contributed by atoms with E-state index in [0.717, 1.165) is 11.1 Å². The van der Waals surface area contributed by atoms with Crippen molar-refractivity contribution >= 4 is 38.3 Å². The molecule has 1 unspecified atom stereocenters. The van der Waals surface area contributed by atoms with Crippen LogP contribution in [-0.4, -0.2) is 31.8 Å². The molecule has 39 heavy (non-hydrogen) atoms. The Morgan fingerprint density at radius 3 is 2.10 bits per heavy atom. The Hall–Kier alpha value is -4.01. The van der Waals surface area contributed by atoms with E-state index in [-0.39, 0.29) is 17.2 Å². The van der Waals surface area contributed by atoms with Gasteiger partial charge in [0.2, 0.25) is 15.9 Å². The zero-order valence-corrected chi connectivity index (χ0v) is 23.3. The van der Waals surface area contributed by atoms with Crippen LogP contribution in [0.1, 0.15) is 42.3 Å². The van der Waals surface area contributed by atoms with Crippen molar-refractivity contribution in [2.45, 2.75) is 50.6 Å². The molecule has 0 fully saturated rings. The van der Waals surface area contributed by atoms with Gasteiger partial charge in [-0.15, -0.1) is 0 Å². The van der Waals surface area contributed by atoms with Crippen molar-refractivity contribution < 1.29 is 18.0 Å². The lowest BCUT2D eigenvalue weighted by Gasteiger charge is -2.22. The van der Waals surface area contributed by atoms with Crippen molar-refractivity contribution in [3.63, 3.8) is 0 Å². The summed E-state index contributed by atoms with van der Waals surface area (Å²) in [5.41, 5.74) is 2.23. The quantitative estimate of drug-likeness (QED) is 0.284. The normalized spacial score (nSPS) is 12.6. The van der Waals surface area contributed by atoms with Gasteiger partial charge in [-0.3, -0.25) is 9.59 Å². The number of nitrogens with one attached hydrogen (secondary N) is 3. The number of benzene rings is 4. The van der Waals surface area contributed by atoms with Crippen LogP contribution in [0.2, 0.25) is 0 Å². The summed E-state index contributed by atoms with van der Waals surface area (Å²) in [6, 6.07) is 25.7. The average Bonchev–Trinajstić information content (AvgIpc) is 2.88. The van der Waals surface area contributed by atoms with E-state index < -0.39 is 27.5 Å². The summed E-state index contributed by atoms with van der Waals surface area (Å²) in [5.74, 6) is -0.768. The summed E-state index contributed by atoms with van der Waals surface area (Å²) in [7, 11) is -3.82. The van der Waals surface area contributed by atoms with Gasteiger partial charge in [-0.05, 0) is 57.5 Å². The maximum absolute atomic E-state index is 13.6. The third kappa shape index (κ3) is 7.10. The molecular formula is C31H33N3O4S. The van der Waals surface area contributed by atoms with Gasteiger partial charge in [-0.2, -0.15) is 0 Å². The van der Waals surface area contributed by atoms with E-state index in [2.05, 4.69) is 15.4 Å². The van der Waals surface area contributed by atoms with Crippen molar-refractivity contribution in [2.24, 2.45) is 0 Å². The molecule has 8 heteroatoms. The fourth-order valence-electron chi connectivity index (χ4n) is 4.30. The number of carbonyl (C=O) groups excluding carboxylic acids is 2. The van der Waals surface area contributed by atoms with Crippen molar-refractivity contribution in [2.75, 3.05) is 5.32 Å². The Kier molecular flexibility index (Phi) is 8.18. The van der Waals surface area contributed by atoms with Crippen LogP contribution in [-0.2, 0) is 21.2 Å². The molecule has 3 N–H and O–H groups in total. The summed E-state index contributed by atoms with van der Waals surface area (Å²) in [5, 5.41) is 6.86. The predicted molar refractivity (Wildman–Crippen MR) is 155 cm³/mol. The molecule has 0 radical (unpaired) electrons. The maximum atomic E-state index is 13.6. The Morgan fingerprint density at radius 2 is 1.44 bits per heavy atom. The minimum absolute atomic E-state index is 0.125. The molecule has 0 aliphatic carbocycles. The highest BCUT2D eigenvalue weighted by Crippen LogP contribution is 2.29. The molecule has 0 aliphatic rings. The van der Waals surface area contributed by atoms with Gasteiger partial charge in [0.25, 0.3) is 5.91 Å². The highest BCUT2D eigenvalue weighted by atomic mass is 32.2. The van der Waals surface area contributed by atoms with Crippen molar-refractivity contribution in [1.82, 2.24) is 10.0 Å². The average molecular weight is 544 g/mol. The minimum atomic E-state index is -3.82. The summed E-state index contributed by atoms with van der Waals surface area (Å²) < 4.78 is 29.0. The second kappa shape index (κ2) is 11.4. The largest absolute Gasteiger partial charge is 0.340 e. The van der Waals surface area contributed by atoms with Gasteiger partial charge in [-0.25, -0.2) is 13.1 Å². The number of carbonyl (C=O) groups is 2. The Balaban J connectivity index is 1.66. The van der Waals surface area contributed by atoms with Crippen LogP contribution < -0.4 is 15.4 Å². The molecule has 4 rings (SSSR count). The Labute approximate surface area is 229 Å². The highest BCUT2D eigenvalue weighted by Gasteiger charge is 2.26. The van der Waals surface area contributed by atoms with Gasteiger partial charge in [0.15, 0.2) is 0 Å². The first-order valence-electron chi connectivity index (χ1n) is 12.7. The number of hydrogen-bond donors (Lipinski definition) is 3. The van der Waals surface area contributed by atoms with Crippen molar-refractivity contribution in [3.8, 4) is 0 Å². The number of aryl methyl sites for hydroxylation is 1. The van der Waals surface area contributed by atoms with E-state index in [1.54, 1.807) is 81.4 Å². The third-order valence-corrected chi connectivity index (χ3v) is 7.90. The van der Waals surface area contributed by atoms with Crippen LogP contribution in [0.15, 0.2) is 95.9 Å². The fraction of sp³-hybridized carbons (Fsp3) is 0.226. The van der Waals surface area contributed by atoms with Gasteiger partial charge < -0.3 is 10.6 Å². The first kappa shape index (κ1) is 28.0. The molecule has 0 bridgehead atoms. The summed E-state index contributed by atoms with van der Waals surface area (Å²) in [4.78, 5) is 26.7. The molecule has 0 saturated carbocycles. The van der Waals surface area contributed by atoms with Gasteiger partial charge in [-0.1, -0.05) is 72.3 Å². The van der Waals surface area contributed by atoms with Gasteiger partial charge >= 0.3 is 0 Å². The molecule has 7 nitrogen and oxygen atoms in total. The van der Waals surface area contributed by atoms with E-state index in [4.69, 9.17) is 0 Å². The molecule has 0 spiro atoms. The second-order valence-electron chi connectivity index (χ2n) is 10.6. The predicted octanol–water partition coefficient (Wildman–Crippen LogP) is 5.20. The molecule has 0 aliphatic heterocycles. The van der Waals surface area contributed by atoms with Gasteiger partial charge in [0.1, 0.15) is 6.04 Å². The van der Waals surface area contributed by atoms with Gasteiger partial charge in [0, 0.05) is 34.0 Å². The lowest BCUT2D eigenvalue weighted by molar-refractivity contribution is -0.118. The lowest BCUT2D eigenvalue weighted by atomic mass is 10.0. The number of hydrogen-bond acceptors (Lipinski definition) is 4. The molecule has 0 saturated heterocycles. The number of amides is 2. The van der Waals surface area contributed by atoms with Crippen LogP contribution in [0, 0.1) is 6.92 Å².